The third-order valence-electron chi connectivity index (χ3n) is 15.3. The van der Waals surface area contributed by atoms with Crippen molar-refractivity contribution in [2.75, 3.05) is 31.3 Å². The van der Waals surface area contributed by atoms with Gasteiger partial charge in [-0.3, -0.25) is 0 Å². The summed E-state index contributed by atoms with van der Waals surface area (Å²) in [6, 6.07) is 56.1. The standard InChI is InChI=1S/C64H57B2NO6/c1-63(2,3)44-20-26-52-49(38-44)48-12-7-13-56-60(48)65(52)54-35-43(41-18-24-47(25-19-41)69-31-11-33-73-59-15-9-29-71-59)36-55-62(54)67(56)57-37-42(34-51-50-39-45(64(4,5)6)21-27-53(50)66(55)61(51)57)40-16-22-46(23-17-40)68-30-10-32-72-58-14-8-28-70-58/h7-9,12-29,34-39H,10-11,30-33H2,1-6H3. The molecule has 4 aliphatic heterocycles. The number of fused-ring (bicyclic) bond motifs is 10. The second-order valence-corrected chi connectivity index (χ2v) is 22.0. The Morgan fingerprint density at radius 2 is 0.904 bits per heavy atom. The van der Waals surface area contributed by atoms with Crippen LogP contribution >= 0.6 is 0 Å². The van der Waals surface area contributed by atoms with Crippen molar-refractivity contribution in [1.29, 1.82) is 0 Å². The monoisotopic (exact) mass is 957 g/mol. The first-order valence-corrected chi connectivity index (χ1v) is 25.8. The van der Waals surface area contributed by atoms with Gasteiger partial charge in [0.25, 0.3) is 11.9 Å². The SMILES string of the molecule is CC(C)(C)c1ccc2c(c1)-c1cccc3c1B2c1cc(-c2ccc(OCCCOc4ccco4)cc2)cc2c1N3c1cc(-c3ccc(OCCCOc4ccco4)cc3)cc3c1B2c1ccc(C(C)(C)C)cc1-3. The molecule has 9 aromatic rings. The van der Waals surface area contributed by atoms with Gasteiger partial charge in [0.2, 0.25) is 13.4 Å². The van der Waals surface area contributed by atoms with Gasteiger partial charge in [-0.2, -0.15) is 0 Å². The lowest BCUT2D eigenvalue weighted by Gasteiger charge is -2.43. The van der Waals surface area contributed by atoms with Crippen molar-refractivity contribution in [1.82, 2.24) is 0 Å². The summed E-state index contributed by atoms with van der Waals surface area (Å²) < 4.78 is 34.5. The van der Waals surface area contributed by atoms with Gasteiger partial charge < -0.3 is 32.7 Å². The Kier molecular flexibility index (Phi) is 10.8. The predicted octanol–water partition coefficient (Wildman–Crippen LogP) is 11.6. The minimum atomic E-state index is -0.0226. The topological polar surface area (TPSA) is 66.4 Å². The van der Waals surface area contributed by atoms with Crippen molar-refractivity contribution < 1.29 is 27.8 Å². The second-order valence-electron chi connectivity index (χ2n) is 22.0. The zero-order valence-corrected chi connectivity index (χ0v) is 42.4. The van der Waals surface area contributed by atoms with Crippen LogP contribution in [0.5, 0.6) is 23.4 Å². The maximum Gasteiger partial charge on any atom is 0.284 e. The molecule has 13 rings (SSSR count). The summed E-state index contributed by atoms with van der Waals surface area (Å²) in [6.45, 7) is 16.2. The molecule has 0 aliphatic carbocycles. The molecule has 0 N–H and O–H groups in total. The van der Waals surface area contributed by atoms with Crippen LogP contribution in [0.1, 0.15) is 65.5 Å². The van der Waals surface area contributed by atoms with Crippen LogP contribution in [0.25, 0.3) is 44.5 Å². The van der Waals surface area contributed by atoms with Crippen LogP contribution < -0.4 is 56.6 Å². The molecule has 7 nitrogen and oxygen atoms in total. The number of ether oxygens (including phenoxy) is 4. The summed E-state index contributed by atoms with van der Waals surface area (Å²) in [7, 11) is 0. The van der Waals surface area contributed by atoms with E-state index in [0.717, 1.165) is 35.5 Å². The average molecular weight is 958 g/mol. The lowest BCUT2D eigenvalue weighted by Crippen LogP contribution is -2.63. The highest BCUT2D eigenvalue weighted by Crippen LogP contribution is 2.47. The first-order valence-electron chi connectivity index (χ1n) is 25.8. The molecular formula is C64H57B2NO6. The third kappa shape index (κ3) is 7.83. The maximum absolute atomic E-state index is 6.23. The van der Waals surface area contributed by atoms with Crippen molar-refractivity contribution in [2.24, 2.45) is 0 Å². The van der Waals surface area contributed by atoms with E-state index in [4.69, 9.17) is 27.8 Å². The third-order valence-corrected chi connectivity index (χ3v) is 15.3. The molecule has 73 heavy (non-hydrogen) atoms. The molecular weight excluding hydrogens is 900 g/mol. The Hall–Kier alpha value is -7.77. The molecule has 0 unspecified atom stereocenters. The molecule has 0 atom stereocenters. The van der Waals surface area contributed by atoms with Gasteiger partial charge in [-0.15, -0.1) is 0 Å². The Labute approximate surface area is 428 Å². The lowest BCUT2D eigenvalue weighted by molar-refractivity contribution is 0.210. The van der Waals surface area contributed by atoms with E-state index < -0.39 is 0 Å². The van der Waals surface area contributed by atoms with Crippen LogP contribution in [0.4, 0.5) is 17.1 Å². The number of anilines is 3. The molecule has 0 amide bonds. The van der Waals surface area contributed by atoms with Crippen molar-refractivity contribution >= 4 is 63.3 Å². The highest BCUT2D eigenvalue weighted by Gasteiger charge is 2.50. The minimum absolute atomic E-state index is 0.0120. The van der Waals surface area contributed by atoms with E-state index in [0.29, 0.717) is 38.3 Å². The van der Waals surface area contributed by atoms with Crippen LogP contribution in [0.2, 0.25) is 0 Å². The molecule has 0 saturated carbocycles. The highest BCUT2D eigenvalue weighted by molar-refractivity contribution is 7.05. The van der Waals surface area contributed by atoms with Gasteiger partial charge in [0.1, 0.15) is 11.5 Å². The summed E-state index contributed by atoms with van der Waals surface area (Å²) in [6.07, 6.45) is 4.73. The van der Waals surface area contributed by atoms with Gasteiger partial charge in [0.15, 0.2) is 0 Å². The molecule has 6 heterocycles. The van der Waals surface area contributed by atoms with Gasteiger partial charge in [-0.1, -0.05) is 137 Å². The van der Waals surface area contributed by atoms with E-state index in [1.54, 1.807) is 12.5 Å². The molecule has 2 aromatic heterocycles. The summed E-state index contributed by atoms with van der Waals surface area (Å²) >= 11 is 0. The van der Waals surface area contributed by atoms with E-state index in [-0.39, 0.29) is 24.3 Å². The summed E-state index contributed by atoms with van der Waals surface area (Å²) in [5.41, 5.74) is 24.7. The number of furan rings is 2. The van der Waals surface area contributed by atoms with E-state index in [2.05, 4.69) is 174 Å². The Morgan fingerprint density at radius 3 is 1.41 bits per heavy atom. The van der Waals surface area contributed by atoms with Gasteiger partial charge in [-0.25, -0.2) is 0 Å². The number of hydrogen-bond acceptors (Lipinski definition) is 7. The minimum Gasteiger partial charge on any atom is -0.493 e. The van der Waals surface area contributed by atoms with E-state index in [1.165, 1.54) is 94.3 Å². The van der Waals surface area contributed by atoms with E-state index in [1.807, 2.05) is 24.3 Å². The quantitative estimate of drug-likeness (QED) is 0.0794. The first-order chi connectivity index (χ1) is 35.5. The predicted molar refractivity (Wildman–Crippen MR) is 298 cm³/mol. The highest BCUT2D eigenvalue weighted by atomic mass is 16.6. The van der Waals surface area contributed by atoms with Gasteiger partial charge in [0, 0.05) is 42.0 Å². The van der Waals surface area contributed by atoms with Crippen LogP contribution in [-0.4, -0.2) is 39.9 Å². The zero-order valence-electron chi connectivity index (χ0n) is 42.4. The maximum atomic E-state index is 6.23. The molecule has 0 saturated heterocycles. The van der Waals surface area contributed by atoms with Crippen molar-refractivity contribution in [3.8, 4) is 67.9 Å². The normalized spacial score (nSPS) is 13.3. The molecule has 360 valence electrons. The Morgan fingerprint density at radius 1 is 0.411 bits per heavy atom. The molecule has 0 bridgehead atoms. The fourth-order valence-corrected chi connectivity index (χ4v) is 11.7. The lowest BCUT2D eigenvalue weighted by atomic mass is 9.32. The number of hydrogen-bond donors (Lipinski definition) is 0. The summed E-state index contributed by atoms with van der Waals surface area (Å²) in [5.74, 6) is 2.73. The van der Waals surface area contributed by atoms with Crippen LogP contribution in [0, 0.1) is 0 Å². The van der Waals surface area contributed by atoms with Crippen LogP contribution in [-0.2, 0) is 10.8 Å². The van der Waals surface area contributed by atoms with Crippen molar-refractivity contribution in [2.45, 2.75) is 65.2 Å². The van der Waals surface area contributed by atoms with E-state index >= 15 is 0 Å². The second kappa shape index (κ2) is 17.5. The first kappa shape index (κ1) is 45.1. The zero-order chi connectivity index (χ0) is 49.6. The number of benzene rings is 7. The Balaban J connectivity index is 0.936. The van der Waals surface area contributed by atoms with E-state index in [9.17, 15) is 0 Å². The molecule has 4 aliphatic rings. The molecule has 0 spiro atoms. The van der Waals surface area contributed by atoms with Gasteiger partial charge in [-0.05, 0) is 143 Å². The fraction of sp³-hybridized carbons (Fsp3) is 0.219. The van der Waals surface area contributed by atoms with Crippen LogP contribution in [0.3, 0.4) is 0 Å². The van der Waals surface area contributed by atoms with Crippen molar-refractivity contribution in [3.05, 3.63) is 175 Å². The Bertz CT molecular complexity index is 3530. The van der Waals surface area contributed by atoms with Gasteiger partial charge >= 0.3 is 0 Å². The van der Waals surface area contributed by atoms with Gasteiger partial charge in [0.05, 0.1) is 39.0 Å². The molecule has 0 fully saturated rings. The summed E-state index contributed by atoms with van der Waals surface area (Å²) in [4.78, 5) is 2.64. The summed E-state index contributed by atoms with van der Waals surface area (Å²) in [5, 5.41) is 0. The fourth-order valence-electron chi connectivity index (χ4n) is 11.7. The number of rotatable bonds is 14. The smallest absolute Gasteiger partial charge is 0.284 e. The van der Waals surface area contributed by atoms with Crippen LogP contribution in [0.15, 0.2) is 173 Å². The number of nitrogens with zero attached hydrogens (tertiary/aromatic N) is 1. The molecule has 9 heteroatoms. The largest absolute Gasteiger partial charge is 0.493 e. The molecule has 7 aromatic carbocycles. The molecule has 0 radical (unpaired) electrons. The average Bonchev–Trinajstić information content (AvgIpc) is 4.23. The van der Waals surface area contributed by atoms with Crippen molar-refractivity contribution in [3.63, 3.8) is 0 Å².